The van der Waals surface area contributed by atoms with E-state index in [0.717, 1.165) is 6.07 Å². The SMILES string of the molecule is CN1COc2cc(F)cc3c(=O)c(C(=O)O)cn1c23. The van der Waals surface area contributed by atoms with E-state index in [1.165, 1.54) is 16.9 Å². The van der Waals surface area contributed by atoms with E-state index >= 15 is 0 Å². The van der Waals surface area contributed by atoms with Crippen LogP contribution in [0.3, 0.4) is 0 Å². The lowest BCUT2D eigenvalue weighted by Gasteiger charge is -2.30. The molecule has 0 radical (unpaired) electrons. The first-order chi connectivity index (χ1) is 8.99. The van der Waals surface area contributed by atoms with Crippen molar-refractivity contribution in [1.29, 1.82) is 0 Å². The first-order valence-electron chi connectivity index (χ1n) is 5.45. The second-order valence-corrected chi connectivity index (χ2v) is 4.25. The molecule has 0 fully saturated rings. The summed E-state index contributed by atoms with van der Waals surface area (Å²) in [5.41, 5.74) is -0.763. The van der Waals surface area contributed by atoms with Crippen LogP contribution in [0.5, 0.6) is 5.75 Å². The number of carboxylic acids is 1. The number of ether oxygens (including phenoxy) is 1. The molecule has 0 spiro atoms. The van der Waals surface area contributed by atoms with Crippen LogP contribution in [-0.4, -0.2) is 29.5 Å². The standard InChI is InChI=1S/C12H9FN2O4/c1-14-5-19-9-3-6(13)2-7-10(9)15(14)4-8(11(7)16)12(17)18/h2-4H,5H2,1H3,(H,17,18). The van der Waals surface area contributed by atoms with Gasteiger partial charge in [-0.05, 0) is 6.07 Å². The average molecular weight is 264 g/mol. The van der Waals surface area contributed by atoms with Gasteiger partial charge in [0.15, 0.2) is 12.5 Å². The minimum Gasteiger partial charge on any atom is -0.477 e. The number of benzene rings is 1. The molecule has 0 bridgehead atoms. The Labute approximate surface area is 106 Å². The molecule has 0 unspecified atom stereocenters. The van der Waals surface area contributed by atoms with Crippen LogP contribution in [0.1, 0.15) is 10.4 Å². The molecule has 19 heavy (non-hydrogen) atoms. The molecule has 0 saturated carbocycles. The van der Waals surface area contributed by atoms with Crippen molar-refractivity contribution in [3.8, 4) is 5.75 Å². The van der Waals surface area contributed by atoms with Crippen LogP contribution in [0, 0.1) is 5.82 Å². The van der Waals surface area contributed by atoms with Crippen molar-refractivity contribution in [3.05, 3.63) is 39.9 Å². The summed E-state index contributed by atoms with van der Waals surface area (Å²) in [5, 5.41) is 10.6. The summed E-state index contributed by atoms with van der Waals surface area (Å²) >= 11 is 0. The number of carboxylic acid groups (broad SMARTS) is 1. The highest BCUT2D eigenvalue weighted by molar-refractivity contribution is 5.94. The van der Waals surface area contributed by atoms with E-state index in [1.54, 1.807) is 12.1 Å². The van der Waals surface area contributed by atoms with Crippen LogP contribution in [0.15, 0.2) is 23.1 Å². The summed E-state index contributed by atoms with van der Waals surface area (Å²) in [6.07, 6.45) is 1.22. The van der Waals surface area contributed by atoms with Gasteiger partial charge in [-0.25, -0.2) is 9.18 Å². The molecule has 0 atom stereocenters. The number of hydrogen-bond donors (Lipinski definition) is 1. The third kappa shape index (κ3) is 1.55. The Kier molecular flexibility index (Phi) is 2.25. The number of rotatable bonds is 1. The second kappa shape index (κ2) is 3.71. The minimum absolute atomic E-state index is 0.0125. The monoisotopic (exact) mass is 264 g/mol. The highest BCUT2D eigenvalue weighted by Gasteiger charge is 2.23. The number of aromatic nitrogens is 1. The van der Waals surface area contributed by atoms with Crippen molar-refractivity contribution >= 4 is 16.9 Å². The maximum Gasteiger partial charge on any atom is 0.341 e. The fourth-order valence-electron chi connectivity index (χ4n) is 2.13. The van der Waals surface area contributed by atoms with Crippen LogP contribution in [0.4, 0.5) is 4.39 Å². The van der Waals surface area contributed by atoms with E-state index in [4.69, 9.17) is 9.84 Å². The van der Waals surface area contributed by atoms with Crippen molar-refractivity contribution in [1.82, 2.24) is 4.68 Å². The number of pyridine rings is 1. The van der Waals surface area contributed by atoms with Crippen LogP contribution in [0.25, 0.3) is 10.9 Å². The van der Waals surface area contributed by atoms with Gasteiger partial charge in [-0.2, -0.15) is 0 Å². The molecule has 98 valence electrons. The van der Waals surface area contributed by atoms with Gasteiger partial charge < -0.3 is 9.84 Å². The predicted molar refractivity (Wildman–Crippen MR) is 64.8 cm³/mol. The van der Waals surface area contributed by atoms with E-state index in [1.807, 2.05) is 0 Å². The van der Waals surface area contributed by atoms with Crippen LogP contribution in [-0.2, 0) is 0 Å². The molecule has 0 amide bonds. The van der Waals surface area contributed by atoms with Gasteiger partial charge in [0.1, 0.15) is 16.9 Å². The molecule has 1 N–H and O–H groups in total. The zero-order valence-corrected chi connectivity index (χ0v) is 9.88. The fraction of sp³-hybridized carbons (Fsp3) is 0.167. The molecule has 1 aromatic carbocycles. The Bertz CT molecular complexity index is 768. The Hall–Kier alpha value is -2.57. The van der Waals surface area contributed by atoms with E-state index < -0.39 is 22.8 Å². The normalized spacial score (nSPS) is 13.5. The van der Waals surface area contributed by atoms with Crippen LogP contribution >= 0.6 is 0 Å². The zero-order chi connectivity index (χ0) is 13.7. The van der Waals surface area contributed by atoms with E-state index in [-0.39, 0.29) is 17.9 Å². The first-order valence-corrected chi connectivity index (χ1v) is 5.45. The van der Waals surface area contributed by atoms with E-state index in [9.17, 15) is 14.0 Å². The summed E-state index contributed by atoms with van der Waals surface area (Å²) in [4.78, 5) is 23.1. The average Bonchev–Trinajstić information content (AvgIpc) is 2.35. The topological polar surface area (TPSA) is 71.8 Å². The Morgan fingerprint density at radius 3 is 2.89 bits per heavy atom. The number of carbonyl (C=O) groups is 1. The number of aromatic carboxylic acids is 1. The lowest BCUT2D eigenvalue weighted by Crippen LogP contribution is -2.39. The van der Waals surface area contributed by atoms with Crippen molar-refractivity contribution < 1.29 is 19.0 Å². The molecule has 2 aromatic rings. The van der Waals surface area contributed by atoms with Crippen molar-refractivity contribution in [2.75, 3.05) is 18.8 Å². The number of nitrogens with zero attached hydrogens (tertiary/aromatic N) is 2. The Morgan fingerprint density at radius 2 is 2.21 bits per heavy atom. The Morgan fingerprint density at radius 1 is 1.47 bits per heavy atom. The molecule has 2 heterocycles. The minimum atomic E-state index is -1.35. The Balaban J connectivity index is 2.53. The predicted octanol–water partition coefficient (Wildman–Crippen LogP) is 0.756. The van der Waals surface area contributed by atoms with Gasteiger partial charge in [-0.1, -0.05) is 0 Å². The largest absolute Gasteiger partial charge is 0.477 e. The first kappa shape index (κ1) is 11.5. The highest BCUT2D eigenvalue weighted by atomic mass is 19.1. The quantitative estimate of drug-likeness (QED) is 0.823. The third-order valence-electron chi connectivity index (χ3n) is 3.01. The van der Waals surface area contributed by atoms with E-state index in [0.29, 0.717) is 5.52 Å². The summed E-state index contributed by atoms with van der Waals surface area (Å²) < 4.78 is 20.3. The maximum atomic E-state index is 13.5. The van der Waals surface area contributed by atoms with E-state index in [2.05, 4.69) is 0 Å². The van der Waals surface area contributed by atoms with Gasteiger partial charge in [0.05, 0.1) is 5.39 Å². The maximum absolute atomic E-state index is 13.5. The van der Waals surface area contributed by atoms with Gasteiger partial charge in [0.25, 0.3) is 0 Å². The van der Waals surface area contributed by atoms with Gasteiger partial charge in [0, 0.05) is 19.3 Å². The lowest BCUT2D eigenvalue weighted by molar-refractivity contribution is 0.0694. The molecule has 0 saturated heterocycles. The summed E-state index contributed by atoms with van der Waals surface area (Å²) in [6.45, 7) is 0.132. The van der Waals surface area contributed by atoms with Gasteiger partial charge in [0.2, 0.25) is 5.43 Å². The summed E-state index contributed by atoms with van der Waals surface area (Å²) in [5.74, 6) is -1.76. The molecule has 3 rings (SSSR count). The summed E-state index contributed by atoms with van der Waals surface area (Å²) in [6, 6.07) is 2.19. The van der Waals surface area contributed by atoms with Crippen molar-refractivity contribution in [2.24, 2.45) is 0 Å². The highest BCUT2D eigenvalue weighted by Crippen LogP contribution is 2.28. The van der Waals surface area contributed by atoms with Crippen molar-refractivity contribution in [2.45, 2.75) is 0 Å². The zero-order valence-electron chi connectivity index (χ0n) is 9.88. The fourth-order valence-corrected chi connectivity index (χ4v) is 2.13. The molecule has 6 nitrogen and oxygen atoms in total. The molecule has 1 aliphatic heterocycles. The third-order valence-corrected chi connectivity index (χ3v) is 3.01. The summed E-state index contributed by atoms with van der Waals surface area (Å²) in [7, 11) is 1.67. The number of hydrogen-bond acceptors (Lipinski definition) is 4. The van der Waals surface area contributed by atoms with Crippen LogP contribution in [0.2, 0.25) is 0 Å². The molecule has 1 aliphatic rings. The van der Waals surface area contributed by atoms with Gasteiger partial charge >= 0.3 is 5.97 Å². The van der Waals surface area contributed by atoms with Gasteiger partial charge in [-0.3, -0.25) is 14.5 Å². The molecule has 0 aliphatic carbocycles. The van der Waals surface area contributed by atoms with Crippen molar-refractivity contribution in [3.63, 3.8) is 0 Å². The molecular weight excluding hydrogens is 255 g/mol. The molecular formula is C12H9FN2O4. The van der Waals surface area contributed by atoms with Crippen LogP contribution < -0.4 is 15.2 Å². The number of halogens is 1. The smallest absolute Gasteiger partial charge is 0.341 e. The molecule has 7 heteroatoms. The molecule has 1 aromatic heterocycles. The second-order valence-electron chi connectivity index (χ2n) is 4.25. The van der Waals surface area contributed by atoms with Gasteiger partial charge in [-0.15, -0.1) is 0 Å². The lowest BCUT2D eigenvalue weighted by atomic mass is 10.1.